The van der Waals surface area contributed by atoms with Crippen molar-refractivity contribution in [3.8, 4) is 0 Å². The summed E-state index contributed by atoms with van der Waals surface area (Å²) in [7, 11) is -2.44. The Morgan fingerprint density at radius 2 is 1.72 bits per heavy atom. The Hall–Kier alpha value is -0.710. The molecule has 1 aromatic rings. The van der Waals surface area contributed by atoms with Crippen LogP contribution in [0.25, 0.3) is 0 Å². The molecule has 4 heteroatoms. The Kier molecular flexibility index (Phi) is 6.02. The number of rotatable bonds is 4. The molecular weight excluding hydrogens is 328 g/mol. The van der Waals surface area contributed by atoms with E-state index in [0.717, 1.165) is 43.2 Å². The van der Waals surface area contributed by atoms with Gasteiger partial charge >= 0.3 is 0 Å². The number of thiol groups is 1. The SMILES string of the molecule is CCc1ccc([SH](C)(=O)N2CCC(N3CCC(C)CC3)CC2)cc1C. The summed E-state index contributed by atoms with van der Waals surface area (Å²) in [5.41, 5.74) is 2.64. The van der Waals surface area contributed by atoms with E-state index in [-0.39, 0.29) is 0 Å². The maximum atomic E-state index is 13.6. The molecule has 25 heavy (non-hydrogen) atoms. The van der Waals surface area contributed by atoms with Gasteiger partial charge in [0.2, 0.25) is 0 Å². The second-order valence-corrected chi connectivity index (χ2v) is 11.1. The van der Waals surface area contributed by atoms with E-state index in [0.29, 0.717) is 6.04 Å². The zero-order valence-electron chi connectivity index (χ0n) is 16.5. The summed E-state index contributed by atoms with van der Waals surface area (Å²) in [6.07, 6.45) is 8.03. The highest BCUT2D eigenvalue weighted by molar-refractivity contribution is 8.00. The average molecular weight is 365 g/mol. The van der Waals surface area contributed by atoms with E-state index in [1.54, 1.807) is 0 Å². The molecule has 0 bridgehead atoms. The van der Waals surface area contributed by atoms with Gasteiger partial charge < -0.3 is 4.90 Å². The van der Waals surface area contributed by atoms with Crippen LogP contribution >= 0.6 is 0 Å². The number of benzene rings is 1. The lowest BCUT2D eigenvalue weighted by molar-refractivity contribution is 0.101. The third kappa shape index (κ3) is 4.17. The number of likely N-dealkylation sites (tertiary alicyclic amines) is 1. The predicted molar refractivity (Wildman–Crippen MR) is 109 cm³/mol. The Balaban J connectivity index is 1.63. The van der Waals surface area contributed by atoms with Crippen molar-refractivity contribution >= 4 is 10.1 Å². The summed E-state index contributed by atoms with van der Waals surface area (Å²) in [4.78, 5) is 3.73. The summed E-state index contributed by atoms with van der Waals surface area (Å²) in [6.45, 7) is 11.2. The van der Waals surface area contributed by atoms with Crippen LogP contribution in [0.1, 0.15) is 50.7 Å². The summed E-state index contributed by atoms with van der Waals surface area (Å²) in [6, 6.07) is 7.14. The fraction of sp³-hybridized carbons (Fsp3) is 0.714. The van der Waals surface area contributed by atoms with Crippen LogP contribution in [-0.4, -0.2) is 51.9 Å². The quantitative estimate of drug-likeness (QED) is 0.824. The van der Waals surface area contributed by atoms with Crippen molar-refractivity contribution in [1.29, 1.82) is 0 Å². The molecule has 0 radical (unpaired) electrons. The summed E-state index contributed by atoms with van der Waals surface area (Å²) in [5.74, 6) is 0.890. The Morgan fingerprint density at radius 3 is 2.28 bits per heavy atom. The van der Waals surface area contributed by atoms with Gasteiger partial charge in [0.1, 0.15) is 0 Å². The van der Waals surface area contributed by atoms with Crippen LogP contribution in [0.2, 0.25) is 0 Å². The Morgan fingerprint density at radius 1 is 1.08 bits per heavy atom. The van der Waals surface area contributed by atoms with Crippen LogP contribution in [0.4, 0.5) is 0 Å². The van der Waals surface area contributed by atoms with E-state index in [1.165, 1.54) is 37.1 Å². The molecule has 0 aromatic heterocycles. The van der Waals surface area contributed by atoms with E-state index in [2.05, 4.69) is 48.2 Å². The maximum Gasteiger partial charge on any atom is 0.0273 e. The molecule has 0 atom stereocenters. The zero-order valence-corrected chi connectivity index (χ0v) is 17.4. The first-order valence-corrected chi connectivity index (χ1v) is 12.2. The molecule has 1 aromatic carbocycles. The van der Waals surface area contributed by atoms with Crippen molar-refractivity contribution in [2.24, 2.45) is 5.92 Å². The van der Waals surface area contributed by atoms with Gasteiger partial charge in [-0.25, -0.2) is 4.31 Å². The van der Waals surface area contributed by atoms with Gasteiger partial charge in [0, 0.05) is 30.3 Å². The molecule has 3 rings (SSSR count). The third-order valence-electron chi connectivity index (χ3n) is 6.50. The van der Waals surface area contributed by atoms with Gasteiger partial charge in [-0.05, 0) is 91.4 Å². The first-order chi connectivity index (χ1) is 11.9. The van der Waals surface area contributed by atoms with Gasteiger partial charge in [-0.2, -0.15) is 0 Å². The van der Waals surface area contributed by atoms with Crippen molar-refractivity contribution in [2.45, 2.75) is 63.8 Å². The van der Waals surface area contributed by atoms with E-state index >= 15 is 0 Å². The average Bonchev–Trinajstić information content (AvgIpc) is 2.62. The molecule has 0 unspecified atom stereocenters. The predicted octanol–water partition coefficient (Wildman–Crippen LogP) is 3.67. The van der Waals surface area contributed by atoms with E-state index in [4.69, 9.17) is 0 Å². The van der Waals surface area contributed by atoms with Crippen LogP contribution in [0.3, 0.4) is 0 Å². The lowest BCUT2D eigenvalue weighted by Crippen LogP contribution is -2.50. The summed E-state index contributed by atoms with van der Waals surface area (Å²) < 4.78 is 15.8. The number of hydrogen-bond acceptors (Lipinski definition) is 2. The van der Waals surface area contributed by atoms with Crippen molar-refractivity contribution in [3.63, 3.8) is 0 Å². The smallest absolute Gasteiger partial charge is 0.0273 e. The van der Waals surface area contributed by atoms with Crippen molar-refractivity contribution < 1.29 is 4.21 Å². The van der Waals surface area contributed by atoms with Gasteiger partial charge in [0.25, 0.3) is 0 Å². The molecule has 2 aliphatic heterocycles. The third-order valence-corrected chi connectivity index (χ3v) is 9.22. The standard InChI is InChI=1S/C21H36N2OS/c1-5-19-6-7-21(16-18(19)3)25(4,24)23-14-10-20(11-15-23)22-12-8-17(2)9-13-22/h6-7,16-17,20,25H,5,8-15H2,1-4H3. The molecule has 142 valence electrons. The molecule has 3 nitrogen and oxygen atoms in total. The number of aryl methyl sites for hydroxylation is 2. The number of nitrogens with zero attached hydrogens (tertiary/aromatic N) is 2. The number of piperidine rings is 2. The normalized spacial score (nSPS) is 23.0. The van der Waals surface area contributed by atoms with E-state index in [1.807, 2.05) is 6.26 Å². The fourth-order valence-corrected chi connectivity index (χ4v) is 6.60. The molecule has 2 fully saturated rings. The lowest BCUT2D eigenvalue weighted by Gasteiger charge is -2.44. The maximum absolute atomic E-state index is 13.6. The molecule has 0 spiro atoms. The Labute approximate surface area is 155 Å². The molecule has 2 aliphatic rings. The van der Waals surface area contributed by atoms with Crippen molar-refractivity contribution in [1.82, 2.24) is 9.21 Å². The molecule has 0 aliphatic carbocycles. The van der Waals surface area contributed by atoms with E-state index in [9.17, 15) is 4.21 Å². The highest BCUT2D eigenvalue weighted by Gasteiger charge is 2.31. The van der Waals surface area contributed by atoms with Gasteiger partial charge in [-0.3, -0.25) is 4.21 Å². The molecular formula is C21H36N2OS. The first kappa shape index (κ1) is 19.1. The number of hydrogen-bond donors (Lipinski definition) is 1. The highest BCUT2D eigenvalue weighted by Crippen LogP contribution is 2.29. The van der Waals surface area contributed by atoms with Crippen molar-refractivity contribution in [2.75, 3.05) is 32.4 Å². The summed E-state index contributed by atoms with van der Waals surface area (Å²) >= 11 is 0. The van der Waals surface area contributed by atoms with Crippen molar-refractivity contribution in [3.05, 3.63) is 29.3 Å². The monoisotopic (exact) mass is 364 g/mol. The second kappa shape index (κ2) is 7.89. The highest BCUT2D eigenvalue weighted by atomic mass is 32.3. The molecule has 2 saturated heterocycles. The van der Waals surface area contributed by atoms with Crippen LogP contribution in [0, 0.1) is 12.8 Å². The minimum atomic E-state index is -2.44. The topological polar surface area (TPSA) is 23.6 Å². The van der Waals surface area contributed by atoms with Gasteiger partial charge in [0.05, 0.1) is 0 Å². The molecule has 0 amide bonds. The zero-order chi connectivity index (χ0) is 18.0. The van der Waals surface area contributed by atoms with Gasteiger partial charge in [0.15, 0.2) is 0 Å². The Bertz CT molecular complexity index is 629. The van der Waals surface area contributed by atoms with Gasteiger partial charge in [-0.1, -0.05) is 19.9 Å². The second-order valence-electron chi connectivity index (χ2n) is 8.25. The lowest BCUT2D eigenvalue weighted by atomic mass is 9.95. The minimum Gasteiger partial charge on any atom is -0.300 e. The molecule has 2 heterocycles. The summed E-state index contributed by atoms with van der Waals surface area (Å²) in [5, 5.41) is 0. The van der Waals surface area contributed by atoms with Crippen LogP contribution < -0.4 is 0 Å². The molecule has 0 saturated carbocycles. The largest absolute Gasteiger partial charge is 0.300 e. The van der Waals surface area contributed by atoms with Gasteiger partial charge in [-0.15, -0.1) is 0 Å². The van der Waals surface area contributed by atoms with Crippen LogP contribution in [-0.2, 0) is 16.5 Å². The van der Waals surface area contributed by atoms with E-state index < -0.39 is 10.1 Å². The first-order valence-electron chi connectivity index (χ1n) is 10.1. The van der Waals surface area contributed by atoms with Crippen LogP contribution in [0.15, 0.2) is 23.1 Å². The molecule has 0 N–H and O–H groups in total. The fourth-order valence-electron chi connectivity index (χ4n) is 4.49. The minimum absolute atomic E-state index is 0.702. The van der Waals surface area contributed by atoms with Crippen LogP contribution in [0.5, 0.6) is 0 Å².